The number of hydrogen-bond acceptors (Lipinski definition) is 2. The van der Waals surface area contributed by atoms with E-state index in [9.17, 15) is 0 Å². The van der Waals surface area contributed by atoms with Gasteiger partial charge in [-0.1, -0.05) is 38.8 Å². The van der Waals surface area contributed by atoms with Crippen LogP contribution in [0, 0.1) is 0 Å². The van der Waals surface area contributed by atoms with Gasteiger partial charge in [-0.25, -0.2) is 0 Å². The van der Waals surface area contributed by atoms with Crippen LogP contribution in [-0.4, -0.2) is 0 Å². The molecule has 0 aliphatic heterocycles. The van der Waals surface area contributed by atoms with Crippen LogP contribution in [0.3, 0.4) is 0 Å². The summed E-state index contributed by atoms with van der Waals surface area (Å²) in [6.45, 7) is 13.1. The predicted molar refractivity (Wildman–Crippen MR) is 51.9 cm³/mol. The van der Waals surface area contributed by atoms with Crippen molar-refractivity contribution in [3.63, 3.8) is 0 Å². The van der Waals surface area contributed by atoms with Crippen molar-refractivity contribution in [2.75, 3.05) is 0 Å². The lowest BCUT2D eigenvalue weighted by Crippen LogP contribution is -1.56. The minimum Gasteiger partial charge on any atom is -0.137 e. The molecule has 0 amide bonds. The van der Waals surface area contributed by atoms with Gasteiger partial charge in [0, 0.05) is 4.24 Å². The molecule has 0 rings (SSSR count). The molecule has 0 unspecified atom stereocenters. The maximum absolute atomic E-state index is 3.95. The summed E-state index contributed by atoms with van der Waals surface area (Å²) < 4.78 is 0.799. The molecule has 9 heavy (non-hydrogen) atoms. The van der Waals surface area contributed by atoms with Gasteiger partial charge in [-0.3, -0.25) is 0 Å². The van der Waals surface area contributed by atoms with E-state index in [1.165, 1.54) is 11.8 Å². The third kappa shape index (κ3) is 17.9. The Morgan fingerprint density at radius 3 is 1.67 bits per heavy atom. The van der Waals surface area contributed by atoms with Gasteiger partial charge in [0.25, 0.3) is 0 Å². The first-order valence-corrected chi connectivity index (χ1v) is 4.10. The number of thioether (sulfide) groups is 1. The first-order valence-electron chi connectivity index (χ1n) is 2.84. The lowest BCUT2D eigenvalue weighted by atomic mass is 10.8. The molecule has 0 aliphatic carbocycles. The van der Waals surface area contributed by atoms with E-state index < -0.39 is 0 Å². The van der Waals surface area contributed by atoms with Crippen molar-refractivity contribution in [1.29, 1.82) is 0 Å². The molecule has 0 heterocycles. The third-order valence-corrected chi connectivity index (χ3v) is 1.15. The first kappa shape index (κ1) is 11.9. The highest BCUT2D eigenvalue weighted by molar-refractivity contribution is 8.17. The minimum absolute atomic E-state index is 0.799. The second-order valence-corrected chi connectivity index (χ2v) is 3.43. The van der Waals surface area contributed by atoms with Crippen LogP contribution in [0.2, 0.25) is 0 Å². The number of hydrogen-bond donors (Lipinski definition) is 1. The fourth-order valence-electron chi connectivity index (χ4n) is 0.201. The summed E-state index contributed by atoms with van der Waals surface area (Å²) >= 11 is 5.43. The number of rotatable bonds is 2. The Bertz CT molecular complexity index is 83.1. The number of allylic oxidation sites excluding steroid dienone is 1. The van der Waals surface area contributed by atoms with E-state index in [0.29, 0.717) is 0 Å². The normalized spacial score (nSPS) is 7.11. The summed E-state index contributed by atoms with van der Waals surface area (Å²) in [5.41, 5.74) is 0. The van der Waals surface area contributed by atoms with Gasteiger partial charge in [0.1, 0.15) is 0 Å². The van der Waals surface area contributed by atoms with Gasteiger partial charge >= 0.3 is 0 Å². The molecule has 54 valence electrons. The van der Waals surface area contributed by atoms with Crippen LogP contribution >= 0.6 is 24.4 Å². The molecule has 0 saturated carbocycles. The molecule has 0 fully saturated rings. The van der Waals surface area contributed by atoms with Crippen LogP contribution in [0.1, 0.15) is 20.8 Å². The molecule has 0 aromatic rings. The molecule has 0 aromatic heterocycles. The summed E-state index contributed by atoms with van der Waals surface area (Å²) in [6, 6.07) is 0. The highest BCUT2D eigenvalue weighted by Crippen LogP contribution is 2.23. The van der Waals surface area contributed by atoms with Gasteiger partial charge in [-0.05, 0) is 11.8 Å². The molecule has 2 heteroatoms. The van der Waals surface area contributed by atoms with Gasteiger partial charge in [0.15, 0.2) is 0 Å². The Morgan fingerprint density at radius 2 is 1.67 bits per heavy atom. The largest absolute Gasteiger partial charge is 0.137 e. The Morgan fingerprint density at radius 1 is 1.33 bits per heavy atom. The van der Waals surface area contributed by atoms with Gasteiger partial charge < -0.3 is 0 Å². The van der Waals surface area contributed by atoms with Crippen LogP contribution in [0.4, 0.5) is 0 Å². The van der Waals surface area contributed by atoms with Crippen LogP contribution in [0.15, 0.2) is 22.3 Å². The third-order valence-electron chi connectivity index (χ3n) is 0.292. The molecular formula is C7H14S2. The SMILES string of the molecule is C=C(C)SC(=C)S.CC. The van der Waals surface area contributed by atoms with Crippen molar-refractivity contribution >= 4 is 24.4 Å². The maximum Gasteiger partial charge on any atom is 0.0343 e. The van der Waals surface area contributed by atoms with E-state index in [-0.39, 0.29) is 0 Å². The zero-order valence-corrected chi connectivity index (χ0v) is 7.98. The smallest absolute Gasteiger partial charge is 0.0343 e. The monoisotopic (exact) mass is 162 g/mol. The fraction of sp³-hybridized carbons (Fsp3) is 0.429. The van der Waals surface area contributed by atoms with Gasteiger partial charge in [-0.2, -0.15) is 0 Å². The van der Waals surface area contributed by atoms with E-state index in [0.717, 1.165) is 9.14 Å². The van der Waals surface area contributed by atoms with Crippen molar-refractivity contribution in [3.8, 4) is 0 Å². The molecule has 0 radical (unpaired) electrons. The molecular weight excluding hydrogens is 148 g/mol. The van der Waals surface area contributed by atoms with Crippen molar-refractivity contribution in [1.82, 2.24) is 0 Å². The Hall–Kier alpha value is 0.180. The van der Waals surface area contributed by atoms with Crippen LogP contribution in [0.5, 0.6) is 0 Å². The van der Waals surface area contributed by atoms with Crippen molar-refractivity contribution in [2.24, 2.45) is 0 Å². The molecule has 0 bridgehead atoms. The second-order valence-electron chi connectivity index (χ2n) is 1.20. The van der Waals surface area contributed by atoms with Crippen LogP contribution in [0.25, 0.3) is 0 Å². The minimum atomic E-state index is 0.799. The van der Waals surface area contributed by atoms with Crippen LogP contribution in [-0.2, 0) is 0 Å². The van der Waals surface area contributed by atoms with E-state index in [2.05, 4.69) is 25.8 Å². The van der Waals surface area contributed by atoms with Crippen molar-refractivity contribution in [2.45, 2.75) is 20.8 Å². The zero-order valence-electron chi connectivity index (χ0n) is 6.27. The summed E-state index contributed by atoms with van der Waals surface area (Å²) in [5, 5.41) is 0. The Kier molecular flexibility index (Phi) is 10.8. The van der Waals surface area contributed by atoms with Crippen molar-refractivity contribution in [3.05, 3.63) is 22.3 Å². The lowest BCUT2D eigenvalue weighted by Gasteiger charge is -1.91. The van der Waals surface area contributed by atoms with E-state index in [1.54, 1.807) is 0 Å². The highest BCUT2D eigenvalue weighted by Gasteiger charge is 1.83. The van der Waals surface area contributed by atoms with Crippen LogP contribution < -0.4 is 0 Å². The average Bonchev–Trinajstić information content (AvgIpc) is 1.68. The lowest BCUT2D eigenvalue weighted by molar-refractivity contribution is 1.50. The average molecular weight is 162 g/mol. The molecule has 0 aromatic carbocycles. The molecule has 0 spiro atoms. The molecule has 0 N–H and O–H groups in total. The maximum atomic E-state index is 3.95. The quantitative estimate of drug-likeness (QED) is 0.604. The first-order chi connectivity index (χ1) is 4.13. The molecule has 0 nitrogen and oxygen atoms in total. The topological polar surface area (TPSA) is 0 Å². The summed E-state index contributed by atoms with van der Waals surface area (Å²) in [6.07, 6.45) is 0. The predicted octanol–water partition coefficient (Wildman–Crippen LogP) is 3.68. The zero-order chi connectivity index (χ0) is 7.86. The second kappa shape index (κ2) is 8.18. The van der Waals surface area contributed by atoms with E-state index in [1.807, 2.05) is 20.8 Å². The van der Waals surface area contributed by atoms with Crippen molar-refractivity contribution < 1.29 is 0 Å². The summed E-state index contributed by atoms with van der Waals surface area (Å²) in [5.74, 6) is 0. The fourth-order valence-corrected chi connectivity index (χ4v) is 1.07. The molecule has 0 atom stereocenters. The molecule has 0 saturated heterocycles. The standard InChI is InChI=1S/C5H8S2.C2H6/c1-4(2)7-5(3)6;1-2/h6H,1,3H2,2H3;1-2H3. The van der Waals surface area contributed by atoms with Gasteiger partial charge in [-0.15, -0.1) is 12.6 Å². The highest BCUT2D eigenvalue weighted by atomic mass is 32.2. The number of thiol groups is 1. The Balaban J connectivity index is 0. The Labute approximate surface area is 67.8 Å². The van der Waals surface area contributed by atoms with E-state index >= 15 is 0 Å². The summed E-state index contributed by atoms with van der Waals surface area (Å²) in [7, 11) is 0. The van der Waals surface area contributed by atoms with Gasteiger partial charge in [0.05, 0.1) is 0 Å². The molecule has 0 aliphatic rings. The van der Waals surface area contributed by atoms with Gasteiger partial charge in [0.2, 0.25) is 0 Å². The van der Waals surface area contributed by atoms with E-state index in [4.69, 9.17) is 0 Å². The summed E-state index contributed by atoms with van der Waals surface area (Å²) in [4.78, 5) is 1.03.